The van der Waals surface area contributed by atoms with Crippen molar-refractivity contribution < 1.29 is 9.72 Å². The van der Waals surface area contributed by atoms with Gasteiger partial charge in [-0.1, -0.05) is 17.7 Å². The van der Waals surface area contributed by atoms with Crippen LogP contribution in [0.3, 0.4) is 0 Å². The van der Waals surface area contributed by atoms with Crippen molar-refractivity contribution in [2.45, 2.75) is 13.5 Å². The summed E-state index contributed by atoms with van der Waals surface area (Å²) in [5.74, 6) is -0.111. The van der Waals surface area contributed by atoms with Crippen molar-refractivity contribution in [2.75, 3.05) is 0 Å². The molecule has 0 radical (unpaired) electrons. The largest absolute Gasteiger partial charge is 0.294 e. The number of nitro benzene ring substituents is 1. The van der Waals surface area contributed by atoms with Crippen molar-refractivity contribution in [1.82, 2.24) is 9.78 Å². The molecule has 0 amide bonds. The Morgan fingerprint density at radius 1 is 1.53 bits per heavy atom. The van der Waals surface area contributed by atoms with E-state index < -0.39 is 4.92 Å². The van der Waals surface area contributed by atoms with Gasteiger partial charge in [0.2, 0.25) is 0 Å². The van der Waals surface area contributed by atoms with E-state index in [1.807, 2.05) is 0 Å². The first-order valence-electron chi connectivity index (χ1n) is 5.44. The second-order valence-electron chi connectivity index (χ2n) is 3.98. The molecule has 2 aromatic rings. The average Bonchev–Trinajstić information content (AvgIpc) is 2.80. The minimum atomic E-state index is -0.489. The molecule has 0 aliphatic carbocycles. The lowest BCUT2D eigenvalue weighted by Gasteiger charge is -2.05. The zero-order chi connectivity index (χ0) is 14.0. The molecule has 0 unspecified atom stereocenters. The van der Waals surface area contributed by atoms with E-state index in [9.17, 15) is 14.9 Å². The maximum absolute atomic E-state index is 11.2. The number of halogens is 1. The molecular weight excluding hydrogens is 270 g/mol. The fraction of sp³-hybridized carbons (Fsp3) is 0.167. The molecule has 0 aliphatic heterocycles. The number of Topliss-reactive ketones (excluding diaryl/α,β-unsaturated/α-hetero) is 1. The minimum absolute atomic E-state index is 0.0626. The Labute approximate surface area is 113 Å². The first-order chi connectivity index (χ1) is 8.99. The lowest BCUT2D eigenvalue weighted by molar-refractivity contribution is -0.385. The van der Waals surface area contributed by atoms with Crippen molar-refractivity contribution in [3.05, 3.63) is 56.9 Å². The molecule has 0 saturated carbocycles. The number of hydrogen-bond donors (Lipinski definition) is 0. The van der Waals surface area contributed by atoms with Crippen LogP contribution in [0.15, 0.2) is 30.6 Å². The van der Waals surface area contributed by atoms with Gasteiger partial charge in [-0.25, -0.2) is 0 Å². The molecule has 98 valence electrons. The van der Waals surface area contributed by atoms with Gasteiger partial charge in [0, 0.05) is 12.3 Å². The van der Waals surface area contributed by atoms with E-state index >= 15 is 0 Å². The predicted molar refractivity (Wildman–Crippen MR) is 69.4 cm³/mol. The number of rotatable bonds is 4. The SMILES string of the molecule is CC(=O)c1cnn(Cc2c(Cl)cccc2[N+](=O)[O-])c1. The topological polar surface area (TPSA) is 78.0 Å². The van der Waals surface area contributed by atoms with Gasteiger partial charge in [-0.2, -0.15) is 5.10 Å². The fourth-order valence-electron chi connectivity index (χ4n) is 1.67. The molecule has 0 fully saturated rings. The van der Waals surface area contributed by atoms with Crippen LogP contribution < -0.4 is 0 Å². The van der Waals surface area contributed by atoms with E-state index in [4.69, 9.17) is 11.6 Å². The number of nitro groups is 1. The first-order valence-corrected chi connectivity index (χ1v) is 5.82. The van der Waals surface area contributed by atoms with Gasteiger partial charge in [-0.05, 0) is 13.0 Å². The van der Waals surface area contributed by atoms with Crippen LogP contribution in [0.25, 0.3) is 0 Å². The van der Waals surface area contributed by atoms with Crippen molar-refractivity contribution in [1.29, 1.82) is 0 Å². The molecule has 1 aromatic heterocycles. The van der Waals surface area contributed by atoms with Crippen molar-refractivity contribution in [3.63, 3.8) is 0 Å². The molecule has 19 heavy (non-hydrogen) atoms. The molecule has 0 N–H and O–H groups in total. The second kappa shape index (κ2) is 5.19. The van der Waals surface area contributed by atoms with Crippen LogP contribution in [0.5, 0.6) is 0 Å². The van der Waals surface area contributed by atoms with Crippen LogP contribution in [-0.2, 0) is 6.54 Å². The molecule has 1 aromatic carbocycles. The Morgan fingerprint density at radius 3 is 2.84 bits per heavy atom. The third-order valence-electron chi connectivity index (χ3n) is 2.65. The Kier molecular flexibility index (Phi) is 3.62. The molecule has 7 heteroatoms. The number of hydrogen-bond acceptors (Lipinski definition) is 4. The van der Waals surface area contributed by atoms with Gasteiger partial charge in [-0.15, -0.1) is 0 Å². The predicted octanol–water partition coefficient (Wildman–Crippen LogP) is 2.70. The van der Waals surface area contributed by atoms with Gasteiger partial charge in [0.1, 0.15) is 0 Å². The van der Waals surface area contributed by atoms with Crippen LogP contribution >= 0.6 is 11.6 Å². The second-order valence-corrected chi connectivity index (χ2v) is 4.38. The van der Waals surface area contributed by atoms with E-state index in [1.165, 1.54) is 36.1 Å². The van der Waals surface area contributed by atoms with Crippen molar-refractivity contribution in [2.24, 2.45) is 0 Å². The Hall–Kier alpha value is -2.21. The monoisotopic (exact) mass is 279 g/mol. The molecular formula is C12H10ClN3O3. The van der Waals surface area contributed by atoms with E-state index in [0.717, 1.165) is 0 Å². The lowest BCUT2D eigenvalue weighted by Crippen LogP contribution is -2.04. The average molecular weight is 280 g/mol. The highest BCUT2D eigenvalue weighted by Crippen LogP contribution is 2.26. The Morgan fingerprint density at radius 2 is 2.26 bits per heavy atom. The van der Waals surface area contributed by atoms with Gasteiger partial charge in [0.25, 0.3) is 5.69 Å². The van der Waals surface area contributed by atoms with Gasteiger partial charge >= 0.3 is 0 Å². The highest BCUT2D eigenvalue weighted by atomic mass is 35.5. The summed E-state index contributed by atoms with van der Waals surface area (Å²) in [7, 11) is 0. The number of benzene rings is 1. The molecule has 0 saturated heterocycles. The normalized spacial score (nSPS) is 10.4. The zero-order valence-electron chi connectivity index (χ0n) is 10.0. The Bertz CT molecular complexity index is 651. The summed E-state index contributed by atoms with van der Waals surface area (Å²) in [5, 5.41) is 15.2. The highest BCUT2D eigenvalue weighted by molar-refractivity contribution is 6.31. The maximum Gasteiger partial charge on any atom is 0.275 e. The molecule has 0 bridgehead atoms. The van der Waals surface area contributed by atoms with Gasteiger partial charge < -0.3 is 0 Å². The third-order valence-corrected chi connectivity index (χ3v) is 3.00. The molecule has 1 heterocycles. The fourth-order valence-corrected chi connectivity index (χ4v) is 1.90. The van der Waals surface area contributed by atoms with Crippen LogP contribution in [-0.4, -0.2) is 20.5 Å². The first kappa shape index (κ1) is 13.2. The quantitative estimate of drug-likeness (QED) is 0.490. The summed E-state index contributed by atoms with van der Waals surface area (Å²) < 4.78 is 1.45. The van der Waals surface area contributed by atoms with E-state index in [1.54, 1.807) is 6.07 Å². The number of carbonyl (C=O) groups excluding carboxylic acids is 1. The van der Waals surface area contributed by atoms with Crippen LogP contribution in [0, 0.1) is 10.1 Å². The van der Waals surface area contributed by atoms with Gasteiger partial charge in [0.05, 0.1) is 33.8 Å². The molecule has 0 spiro atoms. The zero-order valence-corrected chi connectivity index (χ0v) is 10.8. The molecule has 6 nitrogen and oxygen atoms in total. The van der Waals surface area contributed by atoms with Gasteiger partial charge in [0.15, 0.2) is 5.78 Å². The number of ketones is 1. The summed E-state index contributed by atoms with van der Waals surface area (Å²) in [4.78, 5) is 21.6. The summed E-state index contributed by atoms with van der Waals surface area (Å²) in [6, 6.07) is 4.49. The summed E-state index contributed by atoms with van der Waals surface area (Å²) in [6.07, 6.45) is 2.96. The van der Waals surface area contributed by atoms with E-state index in [0.29, 0.717) is 16.1 Å². The minimum Gasteiger partial charge on any atom is -0.294 e. The van der Waals surface area contributed by atoms with Crippen molar-refractivity contribution in [3.8, 4) is 0 Å². The van der Waals surface area contributed by atoms with Crippen LogP contribution in [0.1, 0.15) is 22.8 Å². The van der Waals surface area contributed by atoms with Gasteiger partial charge in [-0.3, -0.25) is 19.6 Å². The standard InChI is InChI=1S/C12H10ClN3O3/c1-8(17)9-5-14-15(6-9)7-10-11(13)3-2-4-12(10)16(18)19/h2-6H,7H2,1H3. The Balaban J connectivity index is 2.37. The summed E-state index contributed by atoms with van der Waals surface area (Å²) in [5.41, 5.74) is 0.759. The van der Waals surface area contributed by atoms with E-state index in [-0.39, 0.29) is 18.0 Å². The molecule has 0 atom stereocenters. The van der Waals surface area contributed by atoms with Crippen LogP contribution in [0.2, 0.25) is 5.02 Å². The molecule has 0 aliphatic rings. The summed E-state index contributed by atoms with van der Waals surface area (Å²) >= 11 is 5.98. The number of nitrogens with zero attached hydrogens (tertiary/aromatic N) is 3. The maximum atomic E-state index is 11.2. The lowest BCUT2D eigenvalue weighted by atomic mass is 10.2. The summed E-state index contributed by atoms with van der Waals surface area (Å²) in [6.45, 7) is 1.57. The van der Waals surface area contributed by atoms with Crippen LogP contribution in [0.4, 0.5) is 5.69 Å². The smallest absolute Gasteiger partial charge is 0.275 e. The number of carbonyl (C=O) groups is 1. The third kappa shape index (κ3) is 2.79. The molecule has 2 rings (SSSR count). The number of aromatic nitrogens is 2. The van der Waals surface area contributed by atoms with E-state index in [2.05, 4.69) is 5.10 Å². The van der Waals surface area contributed by atoms with Crippen molar-refractivity contribution >= 4 is 23.1 Å². The highest BCUT2D eigenvalue weighted by Gasteiger charge is 2.17.